The molecule has 0 bridgehead atoms. The van der Waals surface area contributed by atoms with Gasteiger partial charge < -0.3 is 10.4 Å². The highest BCUT2D eigenvalue weighted by atomic mass is 16.4. The summed E-state index contributed by atoms with van der Waals surface area (Å²) in [5, 5.41) is 22.7. The van der Waals surface area contributed by atoms with Gasteiger partial charge in [-0.3, -0.25) is 9.59 Å². The first kappa shape index (κ1) is 13.2. The number of nitrogens with one attached hydrogen (secondary N) is 1. The van der Waals surface area contributed by atoms with Crippen molar-refractivity contribution in [2.45, 2.75) is 19.8 Å². The van der Waals surface area contributed by atoms with Gasteiger partial charge in [-0.2, -0.15) is 0 Å². The lowest BCUT2D eigenvalue weighted by Gasteiger charge is -2.12. The maximum Gasteiger partial charge on any atom is 0.319 e. The third-order valence-electron chi connectivity index (χ3n) is 3.66. The van der Waals surface area contributed by atoms with Crippen LogP contribution < -0.4 is 5.32 Å². The van der Waals surface area contributed by atoms with Crippen LogP contribution in [0.15, 0.2) is 24.5 Å². The van der Waals surface area contributed by atoms with Crippen molar-refractivity contribution < 1.29 is 14.7 Å². The van der Waals surface area contributed by atoms with Gasteiger partial charge in [-0.15, -0.1) is 5.10 Å². The van der Waals surface area contributed by atoms with Gasteiger partial charge >= 0.3 is 5.97 Å². The highest BCUT2D eigenvalue weighted by molar-refractivity contribution is 6.10. The third-order valence-corrected chi connectivity index (χ3v) is 3.66. The molecule has 8 nitrogen and oxygen atoms in total. The molecule has 1 aliphatic rings. The normalized spacial score (nSPS) is 15.5. The first-order valence-corrected chi connectivity index (χ1v) is 6.42. The quantitative estimate of drug-likeness (QED) is 0.804. The summed E-state index contributed by atoms with van der Waals surface area (Å²) >= 11 is 0. The molecule has 1 saturated carbocycles. The van der Waals surface area contributed by atoms with E-state index < -0.39 is 17.3 Å². The van der Waals surface area contributed by atoms with Crippen LogP contribution in [0.2, 0.25) is 0 Å². The first-order chi connectivity index (χ1) is 10.0. The van der Waals surface area contributed by atoms with Crippen molar-refractivity contribution in [1.82, 2.24) is 20.2 Å². The Balaban J connectivity index is 1.86. The predicted molar refractivity (Wildman–Crippen MR) is 71.8 cm³/mol. The van der Waals surface area contributed by atoms with Crippen LogP contribution >= 0.6 is 0 Å². The Labute approximate surface area is 119 Å². The summed E-state index contributed by atoms with van der Waals surface area (Å²) in [6.07, 6.45) is 2.20. The van der Waals surface area contributed by atoms with Crippen molar-refractivity contribution >= 4 is 17.6 Å². The number of aromatic nitrogens is 4. The zero-order valence-corrected chi connectivity index (χ0v) is 11.3. The maximum atomic E-state index is 12.1. The van der Waals surface area contributed by atoms with Gasteiger partial charge in [0.25, 0.3) is 0 Å². The Kier molecular flexibility index (Phi) is 2.93. The van der Waals surface area contributed by atoms with Crippen LogP contribution in [0.3, 0.4) is 0 Å². The maximum absolute atomic E-state index is 12.1. The lowest BCUT2D eigenvalue weighted by atomic mass is 10.1. The van der Waals surface area contributed by atoms with Crippen molar-refractivity contribution in [2.75, 3.05) is 5.32 Å². The van der Waals surface area contributed by atoms with Gasteiger partial charge in [0.2, 0.25) is 5.91 Å². The van der Waals surface area contributed by atoms with Crippen molar-refractivity contribution in [3.05, 3.63) is 30.1 Å². The van der Waals surface area contributed by atoms with Crippen molar-refractivity contribution in [2.24, 2.45) is 5.41 Å². The van der Waals surface area contributed by atoms with Gasteiger partial charge in [0, 0.05) is 5.69 Å². The number of amides is 1. The Morgan fingerprint density at radius 1 is 1.38 bits per heavy atom. The highest BCUT2D eigenvalue weighted by Crippen LogP contribution is 2.46. The summed E-state index contributed by atoms with van der Waals surface area (Å²) in [7, 11) is 0. The molecule has 2 aromatic rings. The summed E-state index contributed by atoms with van der Waals surface area (Å²) in [6, 6.07) is 5.24. The number of tetrazole rings is 1. The third kappa shape index (κ3) is 2.24. The summed E-state index contributed by atoms with van der Waals surface area (Å²) < 4.78 is 1.48. The molecule has 1 amide bonds. The molecule has 1 aliphatic carbocycles. The number of aliphatic carboxylic acids is 1. The number of anilines is 1. The Morgan fingerprint density at radius 2 is 2.14 bits per heavy atom. The molecular formula is C13H13N5O3. The number of rotatable bonds is 4. The molecule has 8 heteroatoms. The van der Waals surface area contributed by atoms with E-state index in [0.717, 1.165) is 11.3 Å². The summed E-state index contributed by atoms with van der Waals surface area (Å²) in [5.41, 5.74) is 0.904. The van der Waals surface area contributed by atoms with E-state index in [1.807, 2.05) is 13.0 Å². The molecule has 0 atom stereocenters. The van der Waals surface area contributed by atoms with Crippen molar-refractivity contribution in [1.29, 1.82) is 0 Å². The fourth-order valence-corrected chi connectivity index (χ4v) is 2.12. The average molecular weight is 287 g/mol. The molecule has 3 rings (SSSR count). The molecule has 0 spiro atoms. The van der Waals surface area contributed by atoms with Gasteiger partial charge in [0.1, 0.15) is 11.7 Å². The van der Waals surface area contributed by atoms with Crippen LogP contribution in [-0.4, -0.2) is 37.2 Å². The summed E-state index contributed by atoms with van der Waals surface area (Å²) in [4.78, 5) is 23.2. The number of aryl methyl sites for hydroxylation is 1. The topological polar surface area (TPSA) is 110 Å². The number of carboxylic acids is 1. The SMILES string of the molecule is Cc1ccc(NC(=O)C2(C(=O)O)CC2)cc1-n1cnnn1. The smallest absolute Gasteiger partial charge is 0.319 e. The van der Waals surface area contributed by atoms with Crippen molar-refractivity contribution in [3.8, 4) is 5.69 Å². The number of hydrogen-bond acceptors (Lipinski definition) is 5. The molecule has 2 N–H and O–H groups in total. The molecule has 1 aromatic heterocycles. The van der Waals surface area contributed by atoms with Gasteiger partial charge in [-0.05, 0) is 47.9 Å². The van der Waals surface area contributed by atoms with Gasteiger partial charge in [0.15, 0.2) is 0 Å². The molecule has 1 heterocycles. The number of carbonyl (C=O) groups is 2. The Bertz CT molecular complexity index is 707. The van der Waals surface area contributed by atoms with Crippen LogP contribution in [-0.2, 0) is 9.59 Å². The van der Waals surface area contributed by atoms with E-state index >= 15 is 0 Å². The minimum absolute atomic E-state index is 0.375. The Morgan fingerprint density at radius 3 is 2.71 bits per heavy atom. The summed E-state index contributed by atoms with van der Waals surface area (Å²) in [6.45, 7) is 1.89. The second kappa shape index (κ2) is 4.65. The van der Waals surface area contributed by atoms with Gasteiger partial charge in [0.05, 0.1) is 5.69 Å². The van der Waals surface area contributed by atoms with Crippen LogP contribution in [0, 0.1) is 12.3 Å². The monoisotopic (exact) mass is 287 g/mol. The largest absolute Gasteiger partial charge is 0.480 e. The minimum atomic E-state index is -1.26. The average Bonchev–Trinajstić information content (AvgIpc) is 3.10. The van der Waals surface area contributed by atoms with Gasteiger partial charge in [-0.25, -0.2) is 4.68 Å². The van der Waals surface area contributed by atoms with E-state index in [1.165, 1.54) is 11.0 Å². The molecule has 0 saturated heterocycles. The molecule has 1 aromatic carbocycles. The molecular weight excluding hydrogens is 274 g/mol. The summed E-state index contributed by atoms with van der Waals surface area (Å²) in [5.74, 6) is -1.56. The molecule has 1 fully saturated rings. The van der Waals surface area contributed by atoms with E-state index in [1.54, 1.807) is 12.1 Å². The minimum Gasteiger partial charge on any atom is -0.480 e. The fourth-order valence-electron chi connectivity index (χ4n) is 2.12. The molecule has 0 radical (unpaired) electrons. The number of carbonyl (C=O) groups excluding carboxylic acids is 1. The van der Waals surface area contributed by atoms with E-state index in [9.17, 15) is 9.59 Å². The van der Waals surface area contributed by atoms with Crippen LogP contribution in [0.25, 0.3) is 5.69 Å². The molecule has 21 heavy (non-hydrogen) atoms. The Hall–Kier alpha value is -2.77. The zero-order chi connectivity index (χ0) is 15.0. The van der Waals surface area contributed by atoms with Crippen LogP contribution in [0.5, 0.6) is 0 Å². The van der Waals surface area contributed by atoms with Crippen LogP contribution in [0.4, 0.5) is 5.69 Å². The number of benzene rings is 1. The van der Waals surface area contributed by atoms with Crippen LogP contribution in [0.1, 0.15) is 18.4 Å². The molecule has 0 aliphatic heterocycles. The van der Waals surface area contributed by atoms with E-state index in [4.69, 9.17) is 5.11 Å². The van der Waals surface area contributed by atoms with E-state index in [2.05, 4.69) is 20.8 Å². The highest BCUT2D eigenvalue weighted by Gasteiger charge is 2.57. The lowest BCUT2D eigenvalue weighted by molar-refractivity contribution is -0.147. The second-order valence-electron chi connectivity index (χ2n) is 5.10. The van der Waals surface area contributed by atoms with Crippen molar-refractivity contribution in [3.63, 3.8) is 0 Å². The zero-order valence-electron chi connectivity index (χ0n) is 11.3. The standard InChI is InChI=1S/C13H13N5O3/c1-8-2-3-9(6-10(8)18-7-14-16-17-18)15-11(19)13(4-5-13)12(20)21/h2-3,6-7H,4-5H2,1H3,(H,15,19)(H,20,21). The van der Waals surface area contributed by atoms with E-state index in [0.29, 0.717) is 18.5 Å². The molecule has 108 valence electrons. The second-order valence-corrected chi connectivity index (χ2v) is 5.10. The first-order valence-electron chi connectivity index (χ1n) is 6.42. The fraction of sp³-hybridized carbons (Fsp3) is 0.308. The number of nitrogens with zero attached hydrogens (tertiary/aromatic N) is 4. The number of carboxylic acid groups (broad SMARTS) is 1. The number of hydrogen-bond donors (Lipinski definition) is 2. The van der Waals surface area contributed by atoms with E-state index in [-0.39, 0.29) is 0 Å². The predicted octanol–water partition coefficient (Wildman–Crippen LogP) is 0.774. The lowest BCUT2D eigenvalue weighted by Crippen LogP contribution is -2.31. The van der Waals surface area contributed by atoms with Gasteiger partial charge in [-0.1, -0.05) is 6.07 Å². The molecule has 0 unspecified atom stereocenters.